The van der Waals surface area contributed by atoms with Gasteiger partial charge in [-0.15, -0.1) is 11.8 Å². The van der Waals surface area contributed by atoms with Gasteiger partial charge in [-0.1, -0.05) is 12.1 Å². The predicted octanol–water partition coefficient (Wildman–Crippen LogP) is 3.66. The minimum atomic E-state index is -0.352. The van der Waals surface area contributed by atoms with Gasteiger partial charge in [0.2, 0.25) is 5.91 Å². The van der Waals surface area contributed by atoms with Gasteiger partial charge in [0.15, 0.2) is 0 Å². The zero-order chi connectivity index (χ0) is 14.5. The monoisotopic (exact) mass is 290 g/mol. The summed E-state index contributed by atoms with van der Waals surface area (Å²) in [5, 5.41) is 2.70. The molecule has 0 aromatic heterocycles. The van der Waals surface area contributed by atoms with E-state index in [2.05, 4.69) is 5.32 Å². The maximum absolute atomic E-state index is 13.7. The quantitative estimate of drug-likeness (QED) is 0.667. The van der Waals surface area contributed by atoms with E-state index in [1.54, 1.807) is 18.2 Å². The van der Waals surface area contributed by atoms with Crippen LogP contribution >= 0.6 is 11.8 Å². The largest absolute Gasteiger partial charge is 0.396 e. The molecule has 2 rings (SSSR count). The van der Waals surface area contributed by atoms with Crippen LogP contribution in [0.15, 0.2) is 47.4 Å². The molecule has 0 aliphatic carbocycles. The number of carbonyl (C=O) groups is 1. The van der Waals surface area contributed by atoms with Crippen molar-refractivity contribution >= 4 is 29.0 Å². The maximum Gasteiger partial charge on any atom is 0.221 e. The molecule has 20 heavy (non-hydrogen) atoms. The number of carbonyl (C=O) groups excluding carboxylic acids is 1. The second-order valence-electron chi connectivity index (χ2n) is 4.31. The normalized spacial score (nSPS) is 10.3. The molecule has 0 spiro atoms. The molecule has 0 radical (unpaired) electrons. The Morgan fingerprint density at radius 2 is 1.95 bits per heavy atom. The number of anilines is 2. The summed E-state index contributed by atoms with van der Waals surface area (Å²) in [6.07, 6.45) is 0. The van der Waals surface area contributed by atoms with E-state index in [1.807, 2.05) is 24.3 Å². The van der Waals surface area contributed by atoms with Gasteiger partial charge in [-0.25, -0.2) is 4.39 Å². The molecule has 0 fully saturated rings. The Balaban J connectivity index is 2.00. The summed E-state index contributed by atoms with van der Waals surface area (Å²) in [6.45, 7) is 1.46. The van der Waals surface area contributed by atoms with E-state index < -0.39 is 0 Å². The lowest BCUT2D eigenvalue weighted by Crippen LogP contribution is -2.05. The van der Waals surface area contributed by atoms with Crippen LogP contribution < -0.4 is 11.1 Å². The Morgan fingerprint density at radius 3 is 2.60 bits per heavy atom. The number of nitrogens with two attached hydrogens (primary N) is 1. The molecule has 5 heteroatoms. The topological polar surface area (TPSA) is 55.1 Å². The van der Waals surface area contributed by atoms with Gasteiger partial charge >= 0.3 is 0 Å². The Hall–Kier alpha value is -2.01. The molecule has 2 aromatic rings. The molecule has 0 aliphatic heterocycles. The third-order valence-corrected chi connectivity index (χ3v) is 3.74. The van der Waals surface area contributed by atoms with Crippen LogP contribution in [0.4, 0.5) is 15.8 Å². The molecule has 2 aromatic carbocycles. The summed E-state index contributed by atoms with van der Waals surface area (Å²) in [4.78, 5) is 11.9. The minimum absolute atomic E-state index is 0.104. The smallest absolute Gasteiger partial charge is 0.221 e. The van der Waals surface area contributed by atoms with Crippen molar-refractivity contribution < 1.29 is 9.18 Å². The third kappa shape index (κ3) is 3.74. The molecule has 0 heterocycles. The predicted molar refractivity (Wildman–Crippen MR) is 81.1 cm³/mol. The molecule has 0 saturated heterocycles. The fourth-order valence-electron chi connectivity index (χ4n) is 1.71. The van der Waals surface area contributed by atoms with Crippen molar-refractivity contribution in [2.24, 2.45) is 0 Å². The van der Waals surface area contributed by atoms with Crippen molar-refractivity contribution in [1.82, 2.24) is 0 Å². The van der Waals surface area contributed by atoms with Crippen molar-refractivity contribution in [3.8, 4) is 0 Å². The lowest BCUT2D eigenvalue weighted by molar-refractivity contribution is -0.114. The highest BCUT2D eigenvalue weighted by Gasteiger charge is 2.06. The van der Waals surface area contributed by atoms with Crippen LogP contribution in [0.2, 0.25) is 0 Å². The van der Waals surface area contributed by atoms with E-state index in [1.165, 1.54) is 18.7 Å². The first kappa shape index (κ1) is 14.4. The summed E-state index contributed by atoms with van der Waals surface area (Å²) in [5.41, 5.74) is 7.03. The Bertz CT molecular complexity index is 614. The zero-order valence-electron chi connectivity index (χ0n) is 11.0. The number of thioether (sulfide) groups is 1. The van der Waals surface area contributed by atoms with Gasteiger partial charge in [-0.3, -0.25) is 4.79 Å². The van der Waals surface area contributed by atoms with Crippen molar-refractivity contribution in [3.05, 3.63) is 53.8 Å². The minimum Gasteiger partial charge on any atom is -0.396 e. The Kier molecular flexibility index (Phi) is 4.63. The molecule has 0 saturated carbocycles. The molecule has 0 atom stereocenters. The molecular formula is C15H15FN2OS. The standard InChI is InChI=1S/C15H15FN2OS/c1-10(19)18-12-5-7-13(8-6-12)20-9-11-3-2-4-14(17)15(11)16/h2-8H,9,17H2,1H3,(H,18,19). The zero-order valence-corrected chi connectivity index (χ0v) is 11.8. The maximum atomic E-state index is 13.7. The molecule has 104 valence electrons. The van der Waals surface area contributed by atoms with Gasteiger partial charge in [0.1, 0.15) is 5.82 Å². The fourth-order valence-corrected chi connectivity index (χ4v) is 2.58. The summed E-state index contributed by atoms with van der Waals surface area (Å²) in [7, 11) is 0. The van der Waals surface area contributed by atoms with Crippen molar-refractivity contribution in [2.75, 3.05) is 11.1 Å². The lowest BCUT2D eigenvalue weighted by atomic mass is 10.2. The molecule has 0 aliphatic rings. The average Bonchev–Trinajstić information content (AvgIpc) is 2.41. The van der Waals surface area contributed by atoms with Crippen molar-refractivity contribution in [1.29, 1.82) is 0 Å². The summed E-state index contributed by atoms with van der Waals surface area (Å²) in [5.74, 6) is 0.0539. The number of hydrogen-bond donors (Lipinski definition) is 2. The first-order valence-electron chi connectivity index (χ1n) is 6.09. The van der Waals surface area contributed by atoms with Crippen molar-refractivity contribution in [2.45, 2.75) is 17.6 Å². The van der Waals surface area contributed by atoms with Crippen LogP contribution in [0, 0.1) is 5.82 Å². The SMILES string of the molecule is CC(=O)Nc1ccc(SCc2cccc(N)c2F)cc1. The van der Waals surface area contributed by atoms with Gasteiger partial charge in [-0.05, 0) is 30.3 Å². The first-order valence-corrected chi connectivity index (χ1v) is 7.08. The summed E-state index contributed by atoms with van der Waals surface area (Å²) in [6, 6.07) is 12.4. The van der Waals surface area contributed by atoms with E-state index in [0.717, 1.165) is 10.6 Å². The van der Waals surface area contributed by atoms with Gasteiger partial charge < -0.3 is 11.1 Å². The Labute approximate surface area is 121 Å². The number of amides is 1. The van der Waals surface area contributed by atoms with Gasteiger partial charge in [0, 0.05) is 28.8 Å². The van der Waals surface area contributed by atoms with Gasteiger partial charge in [0.05, 0.1) is 5.69 Å². The third-order valence-electron chi connectivity index (χ3n) is 2.68. The van der Waals surface area contributed by atoms with E-state index in [9.17, 15) is 9.18 Å². The van der Waals surface area contributed by atoms with Crippen LogP contribution in [-0.4, -0.2) is 5.91 Å². The second-order valence-corrected chi connectivity index (χ2v) is 5.36. The summed E-state index contributed by atoms with van der Waals surface area (Å²) >= 11 is 1.52. The molecule has 0 bridgehead atoms. The van der Waals surface area contributed by atoms with Gasteiger partial charge in [-0.2, -0.15) is 0 Å². The second kappa shape index (κ2) is 6.43. The van der Waals surface area contributed by atoms with Gasteiger partial charge in [0.25, 0.3) is 0 Å². The van der Waals surface area contributed by atoms with E-state index in [-0.39, 0.29) is 17.4 Å². The highest BCUT2D eigenvalue weighted by Crippen LogP contribution is 2.26. The molecule has 1 amide bonds. The number of hydrogen-bond acceptors (Lipinski definition) is 3. The van der Waals surface area contributed by atoms with Crippen LogP contribution in [-0.2, 0) is 10.5 Å². The van der Waals surface area contributed by atoms with Crippen LogP contribution in [0.25, 0.3) is 0 Å². The highest BCUT2D eigenvalue weighted by atomic mass is 32.2. The number of nitrogen functional groups attached to an aromatic ring is 1. The molecule has 0 unspecified atom stereocenters. The van der Waals surface area contributed by atoms with E-state index in [0.29, 0.717) is 11.3 Å². The van der Waals surface area contributed by atoms with Crippen LogP contribution in [0.5, 0.6) is 0 Å². The number of benzene rings is 2. The highest BCUT2D eigenvalue weighted by molar-refractivity contribution is 7.98. The van der Waals surface area contributed by atoms with Crippen LogP contribution in [0.1, 0.15) is 12.5 Å². The summed E-state index contributed by atoms with van der Waals surface area (Å²) < 4.78 is 13.7. The average molecular weight is 290 g/mol. The molecule has 3 N–H and O–H groups in total. The fraction of sp³-hybridized carbons (Fsp3) is 0.133. The van der Waals surface area contributed by atoms with E-state index >= 15 is 0 Å². The molecular weight excluding hydrogens is 275 g/mol. The van der Waals surface area contributed by atoms with Crippen molar-refractivity contribution in [3.63, 3.8) is 0 Å². The Morgan fingerprint density at radius 1 is 1.25 bits per heavy atom. The number of rotatable bonds is 4. The number of nitrogens with one attached hydrogen (secondary N) is 1. The van der Waals surface area contributed by atoms with Crippen LogP contribution in [0.3, 0.4) is 0 Å². The lowest BCUT2D eigenvalue weighted by Gasteiger charge is -2.06. The first-order chi connectivity index (χ1) is 9.56. The van der Waals surface area contributed by atoms with E-state index in [4.69, 9.17) is 5.73 Å². The molecule has 3 nitrogen and oxygen atoms in total. The number of halogens is 1.